The highest BCUT2D eigenvalue weighted by Gasteiger charge is 2.16. The van der Waals surface area contributed by atoms with E-state index in [1.807, 2.05) is 4.57 Å². The Morgan fingerprint density at radius 2 is 2.04 bits per heavy atom. The molecule has 0 bridgehead atoms. The van der Waals surface area contributed by atoms with Crippen molar-refractivity contribution in [2.45, 2.75) is 59.0 Å². The molecule has 1 aromatic rings. The van der Waals surface area contributed by atoms with Gasteiger partial charge in [-0.3, -0.25) is 9.56 Å². The third kappa shape index (κ3) is 6.48. The predicted octanol–water partition coefficient (Wildman–Crippen LogP) is 0.999. The van der Waals surface area contributed by atoms with E-state index in [0.29, 0.717) is 12.5 Å². The fourth-order valence-corrected chi connectivity index (χ4v) is 2.95. The van der Waals surface area contributed by atoms with E-state index in [1.165, 1.54) is 0 Å². The fraction of sp³-hybridized carbons (Fsp3) is 0.833. The highest BCUT2D eigenvalue weighted by atomic mass is 16.5. The molecule has 0 aromatic carbocycles. The average molecular weight is 367 g/mol. The van der Waals surface area contributed by atoms with E-state index < -0.39 is 0 Å². The van der Waals surface area contributed by atoms with E-state index in [9.17, 15) is 4.79 Å². The third-order valence-corrected chi connectivity index (χ3v) is 4.30. The summed E-state index contributed by atoms with van der Waals surface area (Å²) in [7, 11) is 1.76. The molecule has 1 aliphatic heterocycles. The minimum absolute atomic E-state index is 0.0311. The smallest absolute Gasteiger partial charge is 0.345 e. The van der Waals surface area contributed by atoms with Gasteiger partial charge < -0.3 is 15.4 Å². The molecule has 8 heteroatoms. The number of rotatable bonds is 10. The molecule has 26 heavy (non-hydrogen) atoms. The Kier molecular flexibility index (Phi) is 8.67. The van der Waals surface area contributed by atoms with Gasteiger partial charge in [0.25, 0.3) is 0 Å². The van der Waals surface area contributed by atoms with Gasteiger partial charge in [0.15, 0.2) is 5.96 Å². The van der Waals surface area contributed by atoms with Crippen LogP contribution in [0, 0.1) is 5.92 Å². The first-order chi connectivity index (χ1) is 12.6. The summed E-state index contributed by atoms with van der Waals surface area (Å²) in [6.45, 7) is 8.88. The number of hydrogen-bond donors (Lipinski definition) is 2. The number of guanidine groups is 1. The van der Waals surface area contributed by atoms with E-state index in [1.54, 1.807) is 11.7 Å². The molecule has 2 heterocycles. The van der Waals surface area contributed by atoms with Crippen molar-refractivity contribution in [1.29, 1.82) is 0 Å². The number of ether oxygens (including phenoxy) is 1. The summed E-state index contributed by atoms with van der Waals surface area (Å²) in [5.41, 5.74) is 0.0311. The molecule has 2 rings (SSSR count). The minimum atomic E-state index is 0.0311. The Morgan fingerprint density at radius 1 is 1.27 bits per heavy atom. The van der Waals surface area contributed by atoms with Gasteiger partial charge in [0.05, 0.1) is 0 Å². The van der Waals surface area contributed by atoms with Crippen LogP contribution in [0.5, 0.6) is 0 Å². The highest BCUT2D eigenvalue weighted by Crippen LogP contribution is 2.09. The average Bonchev–Trinajstić information content (AvgIpc) is 2.95. The lowest BCUT2D eigenvalue weighted by Crippen LogP contribution is -2.39. The van der Waals surface area contributed by atoms with E-state index >= 15 is 0 Å². The van der Waals surface area contributed by atoms with Gasteiger partial charge in [0.1, 0.15) is 5.82 Å². The number of nitrogens with one attached hydrogen (secondary N) is 2. The van der Waals surface area contributed by atoms with Crippen LogP contribution in [0.4, 0.5) is 0 Å². The van der Waals surface area contributed by atoms with Crippen molar-refractivity contribution in [3.63, 3.8) is 0 Å². The lowest BCUT2D eigenvalue weighted by Gasteiger charge is -2.12. The van der Waals surface area contributed by atoms with Crippen LogP contribution in [-0.4, -0.2) is 53.7 Å². The lowest BCUT2D eigenvalue weighted by atomic mass is 10.2. The molecule has 2 N–H and O–H groups in total. The van der Waals surface area contributed by atoms with Crippen LogP contribution in [-0.2, 0) is 24.2 Å². The number of hydrogen-bond acceptors (Lipinski definition) is 4. The monoisotopic (exact) mass is 366 g/mol. The van der Waals surface area contributed by atoms with Gasteiger partial charge in [0.2, 0.25) is 0 Å². The zero-order valence-electron chi connectivity index (χ0n) is 16.5. The maximum absolute atomic E-state index is 12.3. The Hall–Kier alpha value is -1.83. The normalized spacial score (nSPS) is 14.5. The summed E-state index contributed by atoms with van der Waals surface area (Å²) in [4.78, 5) is 16.5. The number of aromatic nitrogens is 3. The Morgan fingerprint density at radius 3 is 2.73 bits per heavy atom. The topological polar surface area (TPSA) is 85.5 Å². The lowest BCUT2D eigenvalue weighted by molar-refractivity contribution is 0.108. The van der Waals surface area contributed by atoms with Crippen molar-refractivity contribution in [2.24, 2.45) is 10.9 Å². The predicted molar refractivity (Wildman–Crippen MR) is 104 cm³/mol. The molecule has 0 atom stereocenters. The van der Waals surface area contributed by atoms with Gasteiger partial charge in [-0.15, -0.1) is 0 Å². The fourth-order valence-electron chi connectivity index (χ4n) is 2.95. The van der Waals surface area contributed by atoms with Crippen molar-refractivity contribution in [2.75, 3.05) is 33.4 Å². The summed E-state index contributed by atoms with van der Waals surface area (Å²) in [6, 6.07) is 0. The molecule has 0 amide bonds. The Bertz CT molecular complexity index is 620. The zero-order chi connectivity index (χ0) is 18.8. The molecule has 148 valence electrons. The van der Waals surface area contributed by atoms with E-state index in [4.69, 9.17) is 4.74 Å². The van der Waals surface area contributed by atoms with Crippen LogP contribution >= 0.6 is 0 Å². The maximum atomic E-state index is 12.3. The second-order valence-corrected chi connectivity index (χ2v) is 7.13. The van der Waals surface area contributed by atoms with Gasteiger partial charge in [-0.2, -0.15) is 5.10 Å². The quantitative estimate of drug-likeness (QED) is 0.367. The zero-order valence-corrected chi connectivity index (χ0v) is 16.5. The molecule has 0 radical (unpaired) electrons. The van der Waals surface area contributed by atoms with Gasteiger partial charge in [-0.05, 0) is 31.6 Å². The first-order valence-electron chi connectivity index (χ1n) is 9.80. The van der Waals surface area contributed by atoms with Crippen LogP contribution in [0.25, 0.3) is 0 Å². The largest absolute Gasteiger partial charge is 0.381 e. The standard InChI is InChI=1S/C18H34N6O2/c1-15(2)14-26-13-7-10-21-17(19-3)20-9-6-12-24-18(25)23-11-5-4-8-16(23)22-24/h15H,4-14H2,1-3H3,(H2,19,20,21). The molecule has 1 aliphatic rings. The molecule has 0 unspecified atom stereocenters. The van der Waals surface area contributed by atoms with E-state index in [0.717, 1.165) is 76.7 Å². The van der Waals surface area contributed by atoms with Crippen LogP contribution in [0.3, 0.4) is 0 Å². The molecule has 0 fully saturated rings. The second-order valence-electron chi connectivity index (χ2n) is 7.13. The number of aryl methyl sites for hydroxylation is 2. The molecule has 1 aromatic heterocycles. The van der Waals surface area contributed by atoms with Crippen molar-refractivity contribution in [1.82, 2.24) is 25.0 Å². The van der Waals surface area contributed by atoms with Crippen LogP contribution in [0.15, 0.2) is 9.79 Å². The van der Waals surface area contributed by atoms with Gasteiger partial charge in [0, 0.05) is 52.9 Å². The first-order valence-corrected chi connectivity index (χ1v) is 9.80. The summed E-state index contributed by atoms with van der Waals surface area (Å²) in [5, 5.41) is 11.0. The highest BCUT2D eigenvalue weighted by molar-refractivity contribution is 5.79. The summed E-state index contributed by atoms with van der Waals surface area (Å²) in [6.07, 6.45) is 4.89. The first kappa shape index (κ1) is 20.5. The van der Waals surface area contributed by atoms with Crippen LogP contribution < -0.4 is 16.3 Å². The Balaban J connectivity index is 1.61. The van der Waals surface area contributed by atoms with E-state index in [-0.39, 0.29) is 5.69 Å². The van der Waals surface area contributed by atoms with Crippen molar-refractivity contribution >= 4 is 5.96 Å². The Labute approximate surface area is 156 Å². The SMILES string of the molecule is CN=C(NCCCOCC(C)C)NCCCn1nc2n(c1=O)CCCC2. The van der Waals surface area contributed by atoms with E-state index in [2.05, 4.69) is 34.6 Å². The molecular formula is C18H34N6O2. The van der Waals surface area contributed by atoms with Gasteiger partial charge >= 0.3 is 5.69 Å². The van der Waals surface area contributed by atoms with Crippen LogP contribution in [0.2, 0.25) is 0 Å². The maximum Gasteiger partial charge on any atom is 0.345 e. The van der Waals surface area contributed by atoms with Gasteiger partial charge in [-0.1, -0.05) is 13.8 Å². The number of aliphatic imine (C=N–C) groups is 1. The molecule has 0 saturated carbocycles. The summed E-state index contributed by atoms with van der Waals surface area (Å²) in [5.74, 6) is 2.29. The van der Waals surface area contributed by atoms with Crippen molar-refractivity contribution < 1.29 is 4.74 Å². The van der Waals surface area contributed by atoms with Crippen molar-refractivity contribution in [3.8, 4) is 0 Å². The molecular weight excluding hydrogens is 332 g/mol. The second kappa shape index (κ2) is 11.0. The molecule has 0 spiro atoms. The minimum Gasteiger partial charge on any atom is -0.381 e. The molecule has 0 saturated heterocycles. The summed E-state index contributed by atoms with van der Waals surface area (Å²) < 4.78 is 8.98. The van der Waals surface area contributed by atoms with Crippen molar-refractivity contribution in [3.05, 3.63) is 16.3 Å². The third-order valence-electron chi connectivity index (χ3n) is 4.30. The molecule has 8 nitrogen and oxygen atoms in total. The van der Waals surface area contributed by atoms with Gasteiger partial charge in [-0.25, -0.2) is 9.48 Å². The number of fused-ring (bicyclic) bond motifs is 1. The van der Waals surface area contributed by atoms with Crippen LogP contribution in [0.1, 0.15) is 45.4 Å². The number of nitrogens with zero attached hydrogens (tertiary/aromatic N) is 4. The molecule has 0 aliphatic carbocycles. The summed E-state index contributed by atoms with van der Waals surface area (Å²) >= 11 is 0.